The molecule has 0 atom stereocenters. The first-order valence-corrected chi connectivity index (χ1v) is 15.6. The van der Waals surface area contributed by atoms with Gasteiger partial charge in [-0.1, -0.05) is 12.1 Å². The Kier molecular flexibility index (Phi) is 9.03. The molecule has 10 nitrogen and oxygen atoms in total. The fraction of sp³-hybridized carbons (Fsp3) is 0.455. The molecule has 2 saturated heterocycles. The number of carbonyl (C=O) groups excluding carboxylic acids is 2. The molecule has 244 valence electrons. The summed E-state index contributed by atoms with van der Waals surface area (Å²) in [5.74, 6) is 0.577. The number of piperazine rings is 1. The van der Waals surface area contributed by atoms with Crippen LogP contribution in [0.2, 0.25) is 0 Å². The normalized spacial score (nSPS) is 17.5. The van der Waals surface area contributed by atoms with E-state index in [1.165, 1.54) is 0 Å². The van der Waals surface area contributed by atoms with Crippen LogP contribution in [-0.2, 0) is 35.0 Å². The van der Waals surface area contributed by atoms with E-state index in [4.69, 9.17) is 4.74 Å². The minimum atomic E-state index is -4.61. The Morgan fingerprint density at radius 3 is 2.52 bits per heavy atom. The molecule has 3 aliphatic heterocycles. The van der Waals surface area contributed by atoms with E-state index >= 15 is 0 Å². The Morgan fingerprint density at radius 2 is 1.83 bits per heavy atom. The Morgan fingerprint density at radius 1 is 1.07 bits per heavy atom. The van der Waals surface area contributed by atoms with Crippen LogP contribution < -0.4 is 20.3 Å². The summed E-state index contributed by atoms with van der Waals surface area (Å²) in [7, 11) is 1.55. The predicted octanol–water partition coefficient (Wildman–Crippen LogP) is 4.66. The first kappa shape index (κ1) is 31.6. The lowest BCUT2D eigenvalue weighted by Gasteiger charge is -2.43. The molecule has 4 heterocycles. The fourth-order valence-electron chi connectivity index (χ4n) is 6.70. The molecule has 0 saturated carbocycles. The number of hydrogen-bond acceptors (Lipinski definition) is 8. The maximum atomic E-state index is 13.9. The predicted molar refractivity (Wildman–Crippen MR) is 169 cm³/mol. The highest BCUT2D eigenvalue weighted by molar-refractivity contribution is 5.99. The number of benzene rings is 2. The monoisotopic (exact) mass is 637 g/mol. The molecule has 13 heteroatoms. The van der Waals surface area contributed by atoms with Crippen LogP contribution in [0.4, 0.5) is 36.2 Å². The first-order valence-electron chi connectivity index (χ1n) is 15.6. The van der Waals surface area contributed by atoms with Gasteiger partial charge in [-0.15, -0.1) is 0 Å². The third-order valence-corrected chi connectivity index (χ3v) is 9.23. The van der Waals surface area contributed by atoms with E-state index in [1.54, 1.807) is 26.2 Å². The summed E-state index contributed by atoms with van der Waals surface area (Å²) in [6, 6.07) is 11.6. The second-order valence-electron chi connectivity index (χ2n) is 12.0. The molecular formula is C33H38F3N7O3. The van der Waals surface area contributed by atoms with Gasteiger partial charge in [0.15, 0.2) is 0 Å². The molecule has 0 radical (unpaired) electrons. The highest BCUT2D eigenvalue weighted by Crippen LogP contribution is 2.35. The average molecular weight is 638 g/mol. The van der Waals surface area contributed by atoms with Crippen LogP contribution in [-0.4, -0.2) is 84.0 Å². The molecule has 0 unspecified atom stereocenters. The van der Waals surface area contributed by atoms with E-state index < -0.39 is 11.7 Å². The molecule has 2 N–H and O–H groups in total. The van der Waals surface area contributed by atoms with Crippen LogP contribution in [0.3, 0.4) is 0 Å². The minimum Gasteiger partial charge on any atom is -0.494 e. The van der Waals surface area contributed by atoms with E-state index in [2.05, 4.69) is 30.4 Å². The summed E-state index contributed by atoms with van der Waals surface area (Å²) < 4.78 is 47.4. The van der Waals surface area contributed by atoms with Crippen molar-refractivity contribution in [2.45, 2.75) is 51.2 Å². The average Bonchev–Trinajstić information content (AvgIpc) is 3.44. The Hall–Kier alpha value is -4.39. The molecule has 0 aliphatic carbocycles. The topological polar surface area (TPSA) is 103 Å². The summed E-state index contributed by atoms with van der Waals surface area (Å²) in [5, 5.41) is 5.84. The van der Waals surface area contributed by atoms with Gasteiger partial charge in [-0.25, -0.2) is 9.97 Å². The van der Waals surface area contributed by atoms with Crippen molar-refractivity contribution >= 4 is 34.8 Å². The van der Waals surface area contributed by atoms with Crippen molar-refractivity contribution in [3.63, 3.8) is 0 Å². The van der Waals surface area contributed by atoms with Gasteiger partial charge in [-0.3, -0.25) is 14.5 Å². The summed E-state index contributed by atoms with van der Waals surface area (Å²) in [6.07, 6.45) is -1.28. The third kappa shape index (κ3) is 6.88. The number of rotatable bonds is 8. The van der Waals surface area contributed by atoms with Gasteiger partial charge in [-0.05, 0) is 55.0 Å². The second kappa shape index (κ2) is 13.1. The van der Waals surface area contributed by atoms with E-state index in [0.717, 1.165) is 75.1 Å². The highest BCUT2D eigenvalue weighted by atomic mass is 19.4. The number of anilines is 4. The zero-order valence-electron chi connectivity index (χ0n) is 26.0. The van der Waals surface area contributed by atoms with Gasteiger partial charge in [0.05, 0.1) is 30.5 Å². The highest BCUT2D eigenvalue weighted by Gasteiger charge is 2.35. The Labute approximate surface area is 265 Å². The van der Waals surface area contributed by atoms with Crippen LogP contribution >= 0.6 is 0 Å². The largest absolute Gasteiger partial charge is 0.494 e. The fourth-order valence-corrected chi connectivity index (χ4v) is 6.70. The van der Waals surface area contributed by atoms with Crippen LogP contribution in [0.15, 0.2) is 42.6 Å². The zero-order chi connectivity index (χ0) is 32.4. The Balaban J connectivity index is 1.13. The molecular weight excluding hydrogens is 599 g/mol. The summed E-state index contributed by atoms with van der Waals surface area (Å²) in [5.41, 5.74) is 2.85. The smallest absolute Gasteiger partial charge is 0.419 e. The maximum Gasteiger partial charge on any atom is 0.419 e. The third-order valence-electron chi connectivity index (χ3n) is 9.23. The minimum absolute atomic E-state index is 0.0224. The van der Waals surface area contributed by atoms with Crippen molar-refractivity contribution in [2.75, 3.05) is 61.9 Å². The molecule has 2 fully saturated rings. The lowest BCUT2D eigenvalue weighted by atomic mass is 9.98. The van der Waals surface area contributed by atoms with Crippen LogP contribution in [0.25, 0.3) is 0 Å². The van der Waals surface area contributed by atoms with Crippen LogP contribution in [0.5, 0.6) is 5.75 Å². The van der Waals surface area contributed by atoms with E-state index in [1.807, 2.05) is 29.2 Å². The van der Waals surface area contributed by atoms with Crippen molar-refractivity contribution in [3.05, 3.63) is 65.0 Å². The molecule has 0 bridgehead atoms. The van der Waals surface area contributed by atoms with Crippen LogP contribution in [0.1, 0.15) is 42.1 Å². The first-order chi connectivity index (χ1) is 22.1. The quantitative estimate of drug-likeness (QED) is 0.368. The second-order valence-corrected chi connectivity index (χ2v) is 12.0. The lowest BCUT2D eigenvalue weighted by Crippen LogP contribution is -2.53. The van der Waals surface area contributed by atoms with E-state index in [0.29, 0.717) is 29.6 Å². The number of halogens is 3. The number of aryl methyl sites for hydroxylation is 2. The lowest BCUT2D eigenvalue weighted by molar-refractivity contribution is -0.138. The molecule has 46 heavy (non-hydrogen) atoms. The standard InChI is InChI=1S/C33H38F3N7O3/c1-21(44)41-12-10-23(11-13-41)42-14-16-43(17-15-42)24-7-9-29(30(18-24)46-2)40-32-37-20-26(33(34,35)36)28(39-32)8-6-22-4-3-5-27-25(22)19-31(45)38-27/h3-5,7,9,18,20,23H,6,8,10-17,19H2,1-2H3,(H,38,45)(H,37,39,40). The summed E-state index contributed by atoms with van der Waals surface area (Å²) in [6.45, 7) is 6.80. The van der Waals surface area contributed by atoms with Crippen molar-refractivity contribution < 1.29 is 27.5 Å². The van der Waals surface area contributed by atoms with Crippen molar-refractivity contribution in [3.8, 4) is 5.75 Å². The van der Waals surface area contributed by atoms with Gasteiger partial charge in [0, 0.05) is 75.9 Å². The van der Waals surface area contributed by atoms with Crippen LogP contribution in [0, 0.1) is 0 Å². The molecule has 6 rings (SSSR count). The molecule has 0 spiro atoms. The van der Waals surface area contributed by atoms with Gasteiger partial charge in [-0.2, -0.15) is 13.2 Å². The molecule has 2 amide bonds. The number of ether oxygens (including phenoxy) is 1. The number of methoxy groups -OCH3 is 1. The van der Waals surface area contributed by atoms with Crippen molar-refractivity contribution in [2.24, 2.45) is 0 Å². The summed E-state index contributed by atoms with van der Waals surface area (Å²) >= 11 is 0. The number of aromatic nitrogens is 2. The molecule has 3 aliphatic rings. The number of nitrogens with one attached hydrogen (secondary N) is 2. The van der Waals surface area contributed by atoms with Gasteiger partial charge in [0.2, 0.25) is 17.8 Å². The van der Waals surface area contributed by atoms with Gasteiger partial charge < -0.3 is 25.2 Å². The number of hydrogen-bond donors (Lipinski definition) is 2. The maximum absolute atomic E-state index is 13.9. The van der Waals surface area contributed by atoms with Crippen molar-refractivity contribution in [1.82, 2.24) is 19.8 Å². The number of amides is 2. The van der Waals surface area contributed by atoms with Gasteiger partial charge in [0.1, 0.15) is 5.75 Å². The molecule has 3 aromatic rings. The van der Waals surface area contributed by atoms with E-state index in [9.17, 15) is 22.8 Å². The van der Waals surface area contributed by atoms with Crippen molar-refractivity contribution in [1.29, 1.82) is 0 Å². The number of carbonyl (C=O) groups is 2. The zero-order valence-corrected chi connectivity index (χ0v) is 26.0. The Bertz CT molecular complexity index is 1600. The number of piperidine rings is 1. The van der Waals surface area contributed by atoms with E-state index in [-0.39, 0.29) is 36.3 Å². The van der Waals surface area contributed by atoms with Gasteiger partial charge in [0.25, 0.3) is 0 Å². The number of likely N-dealkylation sites (tertiary alicyclic amines) is 1. The number of alkyl halides is 3. The SMILES string of the molecule is COc1cc(N2CCN(C3CCN(C(C)=O)CC3)CC2)ccc1Nc1ncc(C(F)(F)F)c(CCc2cccc3c2CC(=O)N3)n1. The number of nitrogens with zero attached hydrogens (tertiary/aromatic N) is 5. The summed E-state index contributed by atoms with van der Waals surface area (Å²) in [4.78, 5) is 38.6. The van der Waals surface area contributed by atoms with Gasteiger partial charge >= 0.3 is 6.18 Å². The molecule has 2 aromatic carbocycles. The number of fused-ring (bicyclic) bond motifs is 1. The molecule has 1 aromatic heterocycles.